The van der Waals surface area contributed by atoms with Crippen molar-refractivity contribution in [3.63, 3.8) is 0 Å². The molecule has 0 atom stereocenters. The van der Waals surface area contributed by atoms with Crippen molar-refractivity contribution in [3.8, 4) is 0 Å². The average molecular weight is 107 g/mol. The van der Waals surface area contributed by atoms with Crippen LogP contribution in [0.4, 0.5) is 4.79 Å². The topological polar surface area (TPSA) is 69.4 Å². The molecule has 0 unspecified atom stereocenters. The van der Waals surface area contributed by atoms with Gasteiger partial charge in [0.05, 0.1) is 0 Å². The van der Waals surface area contributed by atoms with Gasteiger partial charge in [0.25, 0.3) is 0 Å². The van der Waals surface area contributed by atoms with E-state index in [1.807, 2.05) is 0 Å². The van der Waals surface area contributed by atoms with Crippen molar-refractivity contribution < 1.29 is 13.9 Å². The van der Waals surface area contributed by atoms with Crippen molar-refractivity contribution >= 4 is 14.8 Å². The molecular weight excluding hydrogens is 105 g/mol. The first-order valence-electron chi connectivity index (χ1n) is 1.06. The molecule has 34 valence electrons. The minimum Gasteiger partial charge on any atom is -0.356 e. The van der Waals surface area contributed by atoms with Crippen LogP contribution in [-0.4, -0.2) is 6.09 Å². The predicted octanol–water partition coefficient (Wildman–Crippen LogP) is 0.288. The number of amides is 1. The Balaban J connectivity index is 3.05. The van der Waals surface area contributed by atoms with E-state index in [9.17, 15) is 9.36 Å². The van der Waals surface area contributed by atoms with Crippen LogP contribution in [0.15, 0.2) is 0 Å². The maximum atomic E-state index is 9.39. The van der Waals surface area contributed by atoms with E-state index >= 15 is 0 Å². The molecule has 4 nitrogen and oxygen atoms in total. The van der Waals surface area contributed by atoms with Gasteiger partial charge in [-0.2, -0.15) is 0 Å². The maximum Gasteiger partial charge on any atom is 0.415 e. The van der Waals surface area contributed by atoms with Crippen molar-refractivity contribution in [2.45, 2.75) is 0 Å². The molecule has 5 heteroatoms. The number of carbonyl (C=O) groups excluding carboxylic acids is 1. The van der Waals surface area contributed by atoms with Crippen molar-refractivity contribution in [1.82, 2.24) is 0 Å². The van der Waals surface area contributed by atoms with Gasteiger partial charge in [-0.3, -0.25) is 0 Å². The number of rotatable bonds is 1. The molecular formula is CH2NO3P. The van der Waals surface area contributed by atoms with Crippen molar-refractivity contribution in [2.24, 2.45) is 5.73 Å². The van der Waals surface area contributed by atoms with Crippen molar-refractivity contribution in [2.75, 3.05) is 0 Å². The summed E-state index contributed by atoms with van der Waals surface area (Å²) in [5.74, 6) is 0. The number of hydrogen-bond acceptors (Lipinski definition) is 3. The smallest absolute Gasteiger partial charge is 0.356 e. The summed E-state index contributed by atoms with van der Waals surface area (Å²) >= 11 is 0. The lowest BCUT2D eigenvalue weighted by Gasteiger charge is -1.76. The third-order valence-electron chi connectivity index (χ3n) is 0.127. The number of carbonyl (C=O) groups is 1. The van der Waals surface area contributed by atoms with E-state index in [0.717, 1.165) is 0 Å². The Morgan fingerprint density at radius 2 is 2.33 bits per heavy atom. The summed E-state index contributed by atoms with van der Waals surface area (Å²) in [4.78, 5) is 9.39. The van der Waals surface area contributed by atoms with E-state index in [1.165, 1.54) is 0 Å². The van der Waals surface area contributed by atoms with Gasteiger partial charge in [0.15, 0.2) is 0 Å². The Bertz CT molecular complexity index is 71.2. The first kappa shape index (κ1) is 5.37. The highest BCUT2D eigenvalue weighted by Crippen LogP contribution is 1.89. The molecule has 0 aliphatic rings. The van der Waals surface area contributed by atoms with Gasteiger partial charge in [-0.15, -0.1) is 0 Å². The van der Waals surface area contributed by atoms with E-state index in [-0.39, 0.29) is 0 Å². The highest BCUT2D eigenvalue weighted by Gasteiger charge is 1.85. The molecule has 0 bridgehead atoms. The van der Waals surface area contributed by atoms with E-state index in [4.69, 9.17) is 0 Å². The fraction of sp³-hybridized carbons (Fsp3) is 0. The molecule has 0 aromatic heterocycles. The molecule has 0 spiro atoms. The molecule has 0 radical (unpaired) electrons. The zero-order valence-electron chi connectivity index (χ0n) is 2.75. The first-order chi connectivity index (χ1) is 2.77. The van der Waals surface area contributed by atoms with Crippen LogP contribution in [0.1, 0.15) is 0 Å². The van der Waals surface area contributed by atoms with Crippen LogP contribution < -0.4 is 5.73 Å². The molecule has 1 amide bonds. The van der Waals surface area contributed by atoms with E-state index in [2.05, 4.69) is 10.3 Å². The van der Waals surface area contributed by atoms with Gasteiger partial charge in [0.1, 0.15) is 0 Å². The molecule has 0 saturated heterocycles. The summed E-state index contributed by atoms with van der Waals surface area (Å²) in [7, 11) is -0.701. The van der Waals surface area contributed by atoms with Gasteiger partial charge in [-0.05, 0) is 0 Å². The standard InChI is InChI=1S/CH2NO3P/c2-1(3)5-6-4/h(H2,2,3). The lowest BCUT2D eigenvalue weighted by atomic mass is 11.3. The summed E-state index contributed by atoms with van der Waals surface area (Å²) < 4.78 is 12.8. The Kier molecular flexibility index (Phi) is 2.33. The highest BCUT2D eigenvalue weighted by molar-refractivity contribution is 7.18. The van der Waals surface area contributed by atoms with Crippen LogP contribution >= 0.6 is 8.69 Å². The van der Waals surface area contributed by atoms with Gasteiger partial charge >= 0.3 is 14.8 Å². The third kappa shape index (κ3) is 3.37. The monoisotopic (exact) mass is 107 g/mol. The quantitative estimate of drug-likeness (QED) is 0.489. The maximum absolute atomic E-state index is 9.39. The summed E-state index contributed by atoms with van der Waals surface area (Å²) in [5, 5.41) is 0. The van der Waals surface area contributed by atoms with Crippen molar-refractivity contribution in [3.05, 3.63) is 0 Å². The van der Waals surface area contributed by atoms with Gasteiger partial charge < -0.3 is 10.3 Å². The van der Waals surface area contributed by atoms with Crippen LogP contribution in [0.25, 0.3) is 0 Å². The SMILES string of the molecule is NC(=O)OP=O. The molecule has 0 aliphatic carbocycles. The molecule has 0 rings (SSSR count). The molecule has 0 aliphatic heterocycles. The van der Waals surface area contributed by atoms with E-state index in [0.29, 0.717) is 0 Å². The minimum absolute atomic E-state index is 0.701. The molecule has 0 aromatic rings. The second-order valence-corrected chi connectivity index (χ2v) is 0.817. The van der Waals surface area contributed by atoms with E-state index < -0.39 is 14.8 Å². The normalized spacial score (nSPS) is 8.00. The van der Waals surface area contributed by atoms with Crippen molar-refractivity contribution in [1.29, 1.82) is 0 Å². The van der Waals surface area contributed by atoms with Crippen LogP contribution in [0.5, 0.6) is 0 Å². The van der Waals surface area contributed by atoms with Gasteiger partial charge in [-0.1, -0.05) is 0 Å². The number of primary amides is 1. The molecule has 0 aromatic carbocycles. The Labute approximate surface area is 35.6 Å². The van der Waals surface area contributed by atoms with Gasteiger partial charge in [0.2, 0.25) is 0 Å². The second-order valence-electron chi connectivity index (χ2n) is 0.485. The second kappa shape index (κ2) is 2.60. The molecule has 0 saturated carbocycles. The molecule has 2 N–H and O–H groups in total. The lowest BCUT2D eigenvalue weighted by molar-refractivity contribution is 0.215. The molecule has 6 heavy (non-hydrogen) atoms. The molecule has 0 heterocycles. The van der Waals surface area contributed by atoms with Crippen LogP contribution in [0.2, 0.25) is 0 Å². The van der Waals surface area contributed by atoms with Gasteiger partial charge in [0, 0.05) is 0 Å². The fourth-order valence-electron chi connectivity index (χ4n) is 0.0367. The summed E-state index contributed by atoms with van der Waals surface area (Å²) in [6, 6.07) is 0. The minimum atomic E-state index is -1.04. The number of hydrogen-bond donors (Lipinski definition) is 1. The summed E-state index contributed by atoms with van der Waals surface area (Å²) in [6.45, 7) is 0. The Morgan fingerprint density at radius 3 is 2.33 bits per heavy atom. The summed E-state index contributed by atoms with van der Waals surface area (Å²) in [5.41, 5.74) is 4.33. The average Bonchev–Trinajstić information content (AvgIpc) is 1.35. The first-order valence-corrected chi connectivity index (χ1v) is 1.79. The Hall–Kier alpha value is -0.630. The Morgan fingerprint density at radius 1 is 1.83 bits per heavy atom. The van der Waals surface area contributed by atoms with E-state index in [1.54, 1.807) is 0 Å². The van der Waals surface area contributed by atoms with Gasteiger partial charge in [-0.25, -0.2) is 9.36 Å². The van der Waals surface area contributed by atoms with Crippen LogP contribution in [-0.2, 0) is 9.09 Å². The third-order valence-corrected chi connectivity index (χ3v) is 0.382. The predicted molar refractivity (Wildman–Crippen MR) is 18.3 cm³/mol. The van der Waals surface area contributed by atoms with Crippen LogP contribution in [0.3, 0.4) is 0 Å². The largest absolute Gasteiger partial charge is 0.415 e. The molecule has 0 fully saturated rings. The number of nitrogens with two attached hydrogens (primary N) is 1. The van der Waals surface area contributed by atoms with Crippen LogP contribution in [0, 0.1) is 0 Å². The zero-order valence-corrected chi connectivity index (χ0v) is 3.64. The fourth-order valence-corrected chi connectivity index (χ4v) is 0.110. The summed E-state index contributed by atoms with van der Waals surface area (Å²) in [6.07, 6.45) is -1.04. The zero-order chi connectivity index (χ0) is 4.99. The highest BCUT2D eigenvalue weighted by atomic mass is 31.1. The lowest BCUT2D eigenvalue weighted by Crippen LogP contribution is -2.06.